The number of nitrogens with zero attached hydrogens (tertiary/aromatic N) is 3. The van der Waals surface area contributed by atoms with Gasteiger partial charge in [-0.15, -0.1) is 0 Å². The van der Waals surface area contributed by atoms with Crippen LogP contribution in [0, 0.1) is 0 Å². The van der Waals surface area contributed by atoms with Crippen molar-refractivity contribution in [2.75, 3.05) is 49.3 Å². The van der Waals surface area contributed by atoms with E-state index in [4.69, 9.17) is 10.5 Å². The molecule has 2 heterocycles. The zero-order valence-corrected chi connectivity index (χ0v) is 9.44. The van der Waals surface area contributed by atoms with E-state index in [2.05, 4.69) is 20.2 Å². The highest BCUT2D eigenvalue weighted by atomic mass is 16.5. The number of aromatic nitrogens is 2. The largest absolute Gasteiger partial charge is 0.380 e. The minimum absolute atomic E-state index is 0.298. The SMILES string of the molecule is CNc1cc(N2CCCOCC2)nc(N)n1. The molecule has 0 bridgehead atoms. The summed E-state index contributed by atoms with van der Waals surface area (Å²) in [6.45, 7) is 3.34. The van der Waals surface area contributed by atoms with Crippen LogP contribution in [0.3, 0.4) is 0 Å². The topological polar surface area (TPSA) is 76.3 Å². The molecule has 1 aromatic rings. The number of hydrogen-bond acceptors (Lipinski definition) is 6. The molecule has 0 saturated carbocycles. The first kappa shape index (κ1) is 10.9. The Labute approximate surface area is 94.8 Å². The number of nitrogen functional groups attached to an aromatic ring is 1. The Morgan fingerprint density at radius 2 is 2.25 bits per heavy atom. The van der Waals surface area contributed by atoms with Gasteiger partial charge in [0, 0.05) is 32.8 Å². The molecule has 0 spiro atoms. The van der Waals surface area contributed by atoms with Crippen LogP contribution < -0.4 is 16.0 Å². The minimum Gasteiger partial charge on any atom is -0.380 e. The first-order chi connectivity index (χ1) is 7.79. The summed E-state index contributed by atoms with van der Waals surface area (Å²) in [7, 11) is 1.82. The van der Waals surface area contributed by atoms with Crippen LogP contribution in [0.4, 0.5) is 17.6 Å². The standard InChI is InChI=1S/C10H17N5O/c1-12-8-7-9(14-10(11)13-8)15-3-2-5-16-6-4-15/h7H,2-6H2,1H3,(H3,11,12,13,14). The number of nitrogens with one attached hydrogen (secondary N) is 1. The van der Waals surface area contributed by atoms with Crippen molar-refractivity contribution in [3.63, 3.8) is 0 Å². The molecule has 3 N–H and O–H groups in total. The van der Waals surface area contributed by atoms with Gasteiger partial charge in [-0.25, -0.2) is 0 Å². The highest BCUT2D eigenvalue weighted by Crippen LogP contribution is 2.17. The Bertz CT molecular complexity index is 349. The zero-order chi connectivity index (χ0) is 11.4. The predicted molar refractivity (Wildman–Crippen MR) is 63.6 cm³/mol. The molecular weight excluding hydrogens is 206 g/mol. The molecule has 1 aromatic heterocycles. The first-order valence-electron chi connectivity index (χ1n) is 5.44. The van der Waals surface area contributed by atoms with Crippen molar-refractivity contribution >= 4 is 17.6 Å². The van der Waals surface area contributed by atoms with Gasteiger partial charge in [-0.1, -0.05) is 0 Å². The molecule has 1 aliphatic heterocycles. The fraction of sp³-hybridized carbons (Fsp3) is 0.600. The Balaban J connectivity index is 2.20. The maximum atomic E-state index is 5.66. The van der Waals surface area contributed by atoms with E-state index in [-0.39, 0.29) is 0 Å². The fourth-order valence-electron chi connectivity index (χ4n) is 1.72. The third-order valence-corrected chi connectivity index (χ3v) is 2.53. The fourth-order valence-corrected chi connectivity index (χ4v) is 1.72. The Hall–Kier alpha value is -1.56. The molecule has 0 amide bonds. The van der Waals surface area contributed by atoms with E-state index < -0.39 is 0 Å². The smallest absolute Gasteiger partial charge is 0.223 e. The molecule has 1 fully saturated rings. The second kappa shape index (κ2) is 4.98. The maximum Gasteiger partial charge on any atom is 0.223 e. The normalized spacial score (nSPS) is 16.9. The van der Waals surface area contributed by atoms with Crippen molar-refractivity contribution in [1.29, 1.82) is 0 Å². The van der Waals surface area contributed by atoms with E-state index in [9.17, 15) is 0 Å². The van der Waals surface area contributed by atoms with Crippen LogP contribution in [0.15, 0.2) is 6.07 Å². The van der Waals surface area contributed by atoms with Gasteiger partial charge in [0.15, 0.2) is 0 Å². The molecule has 0 unspecified atom stereocenters. The Morgan fingerprint density at radius 1 is 1.38 bits per heavy atom. The van der Waals surface area contributed by atoms with Gasteiger partial charge in [0.2, 0.25) is 5.95 Å². The predicted octanol–water partition coefficient (Wildman–Crippen LogP) is 0.327. The summed E-state index contributed by atoms with van der Waals surface area (Å²) >= 11 is 0. The molecule has 88 valence electrons. The molecule has 0 aromatic carbocycles. The number of hydrogen-bond donors (Lipinski definition) is 2. The number of nitrogens with two attached hydrogens (primary N) is 1. The van der Waals surface area contributed by atoms with E-state index in [0.29, 0.717) is 5.95 Å². The minimum atomic E-state index is 0.298. The molecule has 16 heavy (non-hydrogen) atoms. The van der Waals surface area contributed by atoms with Crippen molar-refractivity contribution in [3.8, 4) is 0 Å². The van der Waals surface area contributed by atoms with Crippen molar-refractivity contribution < 1.29 is 4.74 Å². The van der Waals surface area contributed by atoms with Crippen LogP contribution >= 0.6 is 0 Å². The molecule has 6 nitrogen and oxygen atoms in total. The molecule has 0 radical (unpaired) electrons. The average molecular weight is 223 g/mol. The third-order valence-electron chi connectivity index (χ3n) is 2.53. The Kier molecular flexibility index (Phi) is 3.40. The lowest BCUT2D eigenvalue weighted by atomic mass is 10.4. The Morgan fingerprint density at radius 3 is 3.06 bits per heavy atom. The van der Waals surface area contributed by atoms with Crippen molar-refractivity contribution in [1.82, 2.24) is 9.97 Å². The lowest BCUT2D eigenvalue weighted by Crippen LogP contribution is -2.27. The van der Waals surface area contributed by atoms with Crippen LogP contribution in [0.5, 0.6) is 0 Å². The number of anilines is 3. The van der Waals surface area contributed by atoms with Gasteiger partial charge in [0.05, 0.1) is 6.61 Å². The number of ether oxygens (including phenoxy) is 1. The lowest BCUT2D eigenvalue weighted by Gasteiger charge is -2.21. The van der Waals surface area contributed by atoms with Crippen molar-refractivity contribution in [2.24, 2.45) is 0 Å². The summed E-state index contributed by atoms with van der Waals surface area (Å²) in [5.41, 5.74) is 5.66. The lowest BCUT2D eigenvalue weighted by molar-refractivity contribution is 0.152. The van der Waals surface area contributed by atoms with E-state index in [1.54, 1.807) is 0 Å². The second-order valence-electron chi connectivity index (χ2n) is 3.67. The zero-order valence-electron chi connectivity index (χ0n) is 9.44. The van der Waals surface area contributed by atoms with Gasteiger partial charge >= 0.3 is 0 Å². The summed E-state index contributed by atoms with van der Waals surface area (Å²) in [6.07, 6.45) is 1.01. The van der Waals surface area contributed by atoms with Crippen LogP contribution in [0.1, 0.15) is 6.42 Å². The van der Waals surface area contributed by atoms with Crippen LogP contribution in [-0.2, 0) is 4.74 Å². The van der Waals surface area contributed by atoms with Gasteiger partial charge in [0.25, 0.3) is 0 Å². The van der Waals surface area contributed by atoms with E-state index in [1.165, 1.54) is 0 Å². The van der Waals surface area contributed by atoms with Gasteiger partial charge in [-0.05, 0) is 6.42 Å². The summed E-state index contributed by atoms with van der Waals surface area (Å²) in [5.74, 6) is 1.90. The monoisotopic (exact) mass is 223 g/mol. The highest BCUT2D eigenvalue weighted by Gasteiger charge is 2.12. The third kappa shape index (κ3) is 2.52. The number of rotatable bonds is 2. The van der Waals surface area contributed by atoms with E-state index in [1.807, 2.05) is 13.1 Å². The summed E-state index contributed by atoms with van der Waals surface area (Å²) in [5, 5.41) is 2.97. The van der Waals surface area contributed by atoms with Crippen molar-refractivity contribution in [2.45, 2.75) is 6.42 Å². The van der Waals surface area contributed by atoms with E-state index >= 15 is 0 Å². The highest BCUT2D eigenvalue weighted by molar-refractivity contribution is 5.52. The molecular formula is C10H17N5O. The quantitative estimate of drug-likeness (QED) is 0.752. The molecule has 6 heteroatoms. The van der Waals surface area contributed by atoms with Crippen LogP contribution in [-0.4, -0.2) is 43.3 Å². The molecule has 0 aliphatic carbocycles. The summed E-state index contributed by atoms with van der Waals surface area (Å²) in [6, 6.07) is 1.90. The summed E-state index contributed by atoms with van der Waals surface area (Å²) in [4.78, 5) is 10.5. The average Bonchev–Trinajstić information content (AvgIpc) is 2.56. The van der Waals surface area contributed by atoms with Crippen LogP contribution in [0.2, 0.25) is 0 Å². The van der Waals surface area contributed by atoms with Gasteiger partial charge < -0.3 is 20.7 Å². The molecule has 2 rings (SSSR count). The van der Waals surface area contributed by atoms with Gasteiger partial charge in [0.1, 0.15) is 11.6 Å². The van der Waals surface area contributed by atoms with Gasteiger partial charge in [-0.3, -0.25) is 0 Å². The molecule has 1 saturated heterocycles. The van der Waals surface area contributed by atoms with Gasteiger partial charge in [-0.2, -0.15) is 9.97 Å². The molecule has 0 atom stereocenters. The molecule has 1 aliphatic rings. The van der Waals surface area contributed by atoms with E-state index in [0.717, 1.165) is 44.4 Å². The maximum absolute atomic E-state index is 5.66. The first-order valence-corrected chi connectivity index (χ1v) is 5.44. The van der Waals surface area contributed by atoms with Crippen LogP contribution in [0.25, 0.3) is 0 Å². The second-order valence-corrected chi connectivity index (χ2v) is 3.67. The van der Waals surface area contributed by atoms with Crippen molar-refractivity contribution in [3.05, 3.63) is 6.07 Å². The summed E-state index contributed by atoms with van der Waals surface area (Å²) < 4.78 is 5.40.